The van der Waals surface area contributed by atoms with Crippen LogP contribution in [0.3, 0.4) is 0 Å². The topological polar surface area (TPSA) is 9.86 Å². The number of nitrogens with zero attached hydrogens (tertiary/aromatic N) is 2. The Kier molecular flexibility index (Phi) is 6.33. The van der Waals surface area contributed by atoms with Crippen LogP contribution in [0.2, 0.25) is 0 Å². The van der Waals surface area contributed by atoms with E-state index >= 15 is 0 Å². The van der Waals surface area contributed by atoms with E-state index in [9.17, 15) is 0 Å². The van der Waals surface area contributed by atoms with Crippen LogP contribution in [0.5, 0.6) is 0 Å². The smallest absolute Gasteiger partial charge is 0.0641 e. The molecule has 2 aromatic heterocycles. The molecular weight excluding hydrogens is 641 g/mol. The molecule has 0 radical (unpaired) electrons. The first-order valence-electron chi connectivity index (χ1n) is 18.5. The zero-order chi connectivity index (χ0) is 35.3. The fourth-order valence-electron chi connectivity index (χ4n) is 9.30. The molecule has 0 unspecified atom stereocenters. The molecule has 10 aromatic rings. The minimum atomic E-state index is -0.0436. The lowest BCUT2D eigenvalue weighted by Crippen LogP contribution is -2.14. The van der Waals surface area contributed by atoms with Crippen molar-refractivity contribution in [1.82, 2.24) is 9.13 Å². The molecule has 250 valence electrons. The van der Waals surface area contributed by atoms with Gasteiger partial charge in [0.15, 0.2) is 0 Å². The molecule has 0 amide bonds. The second-order valence-electron chi connectivity index (χ2n) is 14.9. The van der Waals surface area contributed by atoms with E-state index in [1.54, 1.807) is 0 Å². The van der Waals surface area contributed by atoms with E-state index < -0.39 is 0 Å². The SMILES string of the molecule is CC1(C)c2ccccc2-c2c(-c3cccc(-n4c5ccccc5c5c4ccc4c6ccccc6n(-c6ccc(-c7ccccc7)cc6)c45)c3)cccc21. The lowest BCUT2D eigenvalue weighted by atomic mass is 9.82. The summed E-state index contributed by atoms with van der Waals surface area (Å²) < 4.78 is 4.94. The fraction of sp³-hybridized carbons (Fsp3) is 0.0588. The third-order valence-corrected chi connectivity index (χ3v) is 11.7. The quantitative estimate of drug-likeness (QED) is 0.176. The molecule has 11 rings (SSSR count). The largest absolute Gasteiger partial charge is 0.309 e. The Hall–Kier alpha value is -6.64. The van der Waals surface area contributed by atoms with Crippen molar-refractivity contribution in [2.24, 2.45) is 0 Å². The van der Waals surface area contributed by atoms with Crippen molar-refractivity contribution in [2.45, 2.75) is 19.3 Å². The monoisotopic (exact) mass is 676 g/mol. The van der Waals surface area contributed by atoms with Gasteiger partial charge in [-0.15, -0.1) is 0 Å². The average Bonchev–Trinajstić information content (AvgIpc) is 3.82. The van der Waals surface area contributed by atoms with Gasteiger partial charge in [-0.1, -0.05) is 153 Å². The third kappa shape index (κ3) is 4.27. The highest BCUT2D eigenvalue weighted by Crippen LogP contribution is 2.52. The molecule has 0 fully saturated rings. The van der Waals surface area contributed by atoms with Crippen LogP contribution < -0.4 is 0 Å². The second-order valence-corrected chi connectivity index (χ2v) is 14.9. The maximum atomic E-state index is 2.47. The maximum absolute atomic E-state index is 2.47. The van der Waals surface area contributed by atoms with Crippen molar-refractivity contribution in [3.63, 3.8) is 0 Å². The van der Waals surface area contributed by atoms with E-state index in [-0.39, 0.29) is 5.41 Å². The van der Waals surface area contributed by atoms with Crippen molar-refractivity contribution in [2.75, 3.05) is 0 Å². The highest BCUT2D eigenvalue weighted by molar-refractivity contribution is 6.26. The summed E-state index contributed by atoms with van der Waals surface area (Å²) in [4.78, 5) is 0. The van der Waals surface area contributed by atoms with Crippen molar-refractivity contribution in [3.05, 3.63) is 193 Å². The van der Waals surface area contributed by atoms with Gasteiger partial charge in [0.1, 0.15) is 0 Å². The molecule has 2 heterocycles. The van der Waals surface area contributed by atoms with E-state index in [4.69, 9.17) is 0 Å². The van der Waals surface area contributed by atoms with E-state index in [0.29, 0.717) is 0 Å². The molecule has 0 saturated heterocycles. The second kappa shape index (κ2) is 11.2. The van der Waals surface area contributed by atoms with Crippen molar-refractivity contribution >= 4 is 43.6 Å². The number of hydrogen-bond donors (Lipinski definition) is 0. The lowest BCUT2D eigenvalue weighted by Gasteiger charge is -2.21. The summed E-state index contributed by atoms with van der Waals surface area (Å²) in [5, 5.41) is 5.04. The van der Waals surface area contributed by atoms with Gasteiger partial charge in [0, 0.05) is 38.3 Å². The number of para-hydroxylation sites is 2. The Bertz CT molecular complexity index is 3060. The van der Waals surface area contributed by atoms with Gasteiger partial charge in [0.25, 0.3) is 0 Å². The van der Waals surface area contributed by atoms with Gasteiger partial charge in [-0.25, -0.2) is 0 Å². The summed E-state index contributed by atoms with van der Waals surface area (Å²) in [6, 6.07) is 67.0. The minimum Gasteiger partial charge on any atom is -0.309 e. The Morgan fingerprint density at radius 3 is 1.83 bits per heavy atom. The highest BCUT2D eigenvalue weighted by atomic mass is 15.0. The molecule has 53 heavy (non-hydrogen) atoms. The van der Waals surface area contributed by atoms with Crippen LogP contribution in [0, 0.1) is 0 Å². The Labute approximate surface area is 308 Å². The van der Waals surface area contributed by atoms with Crippen LogP contribution >= 0.6 is 0 Å². The van der Waals surface area contributed by atoms with Gasteiger partial charge in [0.2, 0.25) is 0 Å². The van der Waals surface area contributed by atoms with E-state index in [1.807, 2.05) is 0 Å². The van der Waals surface area contributed by atoms with E-state index in [1.165, 1.54) is 88.1 Å². The molecule has 0 aliphatic heterocycles. The van der Waals surface area contributed by atoms with Crippen LogP contribution in [-0.4, -0.2) is 9.13 Å². The van der Waals surface area contributed by atoms with Gasteiger partial charge in [-0.2, -0.15) is 0 Å². The predicted octanol–water partition coefficient (Wildman–Crippen LogP) is 13.5. The van der Waals surface area contributed by atoms with Gasteiger partial charge in [-0.3, -0.25) is 0 Å². The molecule has 0 saturated carbocycles. The van der Waals surface area contributed by atoms with Crippen molar-refractivity contribution in [1.29, 1.82) is 0 Å². The Morgan fingerprint density at radius 1 is 0.377 bits per heavy atom. The maximum Gasteiger partial charge on any atom is 0.0641 e. The van der Waals surface area contributed by atoms with E-state index in [2.05, 4.69) is 205 Å². The first kappa shape index (κ1) is 30.0. The van der Waals surface area contributed by atoms with Crippen LogP contribution in [0.4, 0.5) is 0 Å². The number of hydrogen-bond acceptors (Lipinski definition) is 0. The molecule has 8 aromatic carbocycles. The summed E-state index contributed by atoms with van der Waals surface area (Å²) in [6.45, 7) is 4.71. The van der Waals surface area contributed by atoms with E-state index in [0.717, 1.165) is 11.4 Å². The zero-order valence-corrected chi connectivity index (χ0v) is 29.7. The van der Waals surface area contributed by atoms with Crippen LogP contribution in [0.15, 0.2) is 182 Å². The Balaban J connectivity index is 1.16. The summed E-state index contributed by atoms with van der Waals surface area (Å²) in [7, 11) is 0. The Morgan fingerprint density at radius 2 is 1.00 bits per heavy atom. The average molecular weight is 677 g/mol. The lowest BCUT2D eigenvalue weighted by molar-refractivity contribution is 0.660. The predicted molar refractivity (Wildman–Crippen MR) is 224 cm³/mol. The van der Waals surface area contributed by atoms with Crippen molar-refractivity contribution in [3.8, 4) is 44.8 Å². The number of fused-ring (bicyclic) bond motifs is 10. The van der Waals surface area contributed by atoms with Gasteiger partial charge in [0.05, 0.1) is 22.1 Å². The molecule has 0 N–H and O–H groups in total. The molecule has 0 bridgehead atoms. The molecule has 0 spiro atoms. The minimum absolute atomic E-state index is 0.0436. The number of rotatable bonds is 4. The molecular formula is C51H36N2. The van der Waals surface area contributed by atoms with Crippen LogP contribution in [-0.2, 0) is 5.41 Å². The van der Waals surface area contributed by atoms with Crippen LogP contribution in [0.25, 0.3) is 88.4 Å². The molecule has 0 atom stereocenters. The summed E-state index contributed by atoms with van der Waals surface area (Å²) >= 11 is 0. The molecule has 1 aliphatic carbocycles. The molecule has 2 heteroatoms. The fourth-order valence-corrected chi connectivity index (χ4v) is 9.30. The summed E-state index contributed by atoms with van der Waals surface area (Å²) in [6.07, 6.45) is 0. The van der Waals surface area contributed by atoms with Gasteiger partial charge in [-0.05, 0) is 87.0 Å². The first-order chi connectivity index (χ1) is 26.1. The van der Waals surface area contributed by atoms with Crippen molar-refractivity contribution < 1.29 is 0 Å². The third-order valence-electron chi connectivity index (χ3n) is 11.7. The number of aromatic nitrogens is 2. The first-order valence-corrected chi connectivity index (χ1v) is 18.5. The standard InChI is InChI=1S/C51H36N2/c1-51(2)43-22-9-6-19-41(43)48-38(21-13-23-44(48)51)35-16-12-17-37(32-35)52-46-25-11-8-20-42(46)49-47(52)31-30-40-39-18-7-10-24-45(39)53(50(40)49)36-28-26-34(27-29-36)33-14-4-3-5-15-33/h3-32H,1-2H3. The van der Waals surface area contributed by atoms with Gasteiger partial charge >= 0.3 is 0 Å². The summed E-state index contributed by atoms with van der Waals surface area (Å²) in [5.74, 6) is 0. The van der Waals surface area contributed by atoms with Crippen LogP contribution in [0.1, 0.15) is 25.0 Å². The molecule has 2 nitrogen and oxygen atoms in total. The zero-order valence-electron chi connectivity index (χ0n) is 29.7. The van der Waals surface area contributed by atoms with Gasteiger partial charge < -0.3 is 9.13 Å². The highest BCUT2D eigenvalue weighted by Gasteiger charge is 2.36. The number of benzene rings is 8. The summed E-state index contributed by atoms with van der Waals surface area (Å²) in [5.41, 5.74) is 17.6. The molecule has 1 aliphatic rings. The normalized spacial score (nSPS) is 13.2.